The second kappa shape index (κ2) is 5.21. The molecule has 1 aromatic carbocycles. The molecule has 20 heavy (non-hydrogen) atoms. The standard InChI is InChI=1S/C17H23NO2/c1-18-11-13(12-18)14-7-3-4-8-15(14)17(16(19)20)9-5-2-6-10-17/h3-4,7-8,13H,2,5-6,9-12H2,1H3,(H,19,20). The van der Waals surface area contributed by atoms with Crippen molar-refractivity contribution in [2.24, 2.45) is 0 Å². The Kier molecular flexibility index (Phi) is 3.55. The van der Waals surface area contributed by atoms with Crippen LogP contribution >= 0.6 is 0 Å². The lowest BCUT2D eigenvalue weighted by molar-refractivity contribution is -0.145. The fourth-order valence-corrected chi connectivity index (χ4v) is 3.94. The van der Waals surface area contributed by atoms with Gasteiger partial charge < -0.3 is 10.0 Å². The number of carboxylic acid groups (broad SMARTS) is 1. The van der Waals surface area contributed by atoms with Gasteiger partial charge in [-0.2, -0.15) is 0 Å². The first-order chi connectivity index (χ1) is 9.63. The molecule has 1 N–H and O–H groups in total. The maximum Gasteiger partial charge on any atom is 0.314 e. The van der Waals surface area contributed by atoms with Crippen molar-refractivity contribution in [1.29, 1.82) is 0 Å². The Morgan fingerprint density at radius 1 is 1.20 bits per heavy atom. The molecule has 0 atom stereocenters. The minimum absolute atomic E-state index is 0.509. The number of carboxylic acids is 1. The molecular formula is C17H23NO2. The first kappa shape index (κ1) is 13.6. The number of hydrogen-bond donors (Lipinski definition) is 1. The molecule has 3 heteroatoms. The Morgan fingerprint density at radius 2 is 1.85 bits per heavy atom. The van der Waals surface area contributed by atoms with Crippen molar-refractivity contribution in [3.05, 3.63) is 35.4 Å². The van der Waals surface area contributed by atoms with Crippen LogP contribution in [-0.4, -0.2) is 36.1 Å². The van der Waals surface area contributed by atoms with Crippen molar-refractivity contribution in [3.8, 4) is 0 Å². The van der Waals surface area contributed by atoms with Gasteiger partial charge >= 0.3 is 5.97 Å². The van der Waals surface area contributed by atoms with Crippen LogP contribution in [0.15, 0.2) is 24.3 Å². The van der Waals surface area contributed by atoms with E-state index in [2.05, 4.69) is 30.1 Å². The quantitative estimate of drug-likeness (QED) is 0.920. The molecular weight excluding hydrogens is 250 g/mol. The molecule has 0 spiro atoms. The molecule has 0 amide bonds. The van der Waals surface area contributed by atoms with Gasteiger partial charge in [0.25, 0.3) is 0 Å². The SMILES string of the molecule is CN1CC(c2ccccc2C2(C(=O)O)CCCCC2)C1. The molecule has 2 fully saturated rings. The van der Waals surface area contributed by atoms with E-state index in [1.807, 2.05) is 6.07 Å². The number of benzene rings is 1. The van der Waals surface area contributed by atoms with Gasteiger partial charge in [0.1, 0.15) is 0 Å². The molecule has 0 bridgehead atoms. The highest BCUT2D eigenvalue weighted by atomic mass is 16.4. The largest absolute Gasteiger partial charge is 0.481 e. The fourth-order valence-electron chi connectivity index (χ4n) is 3.94. The molecule has 1 aromatic rings. The minimum Gasteiger partial charge on any atom is -0.481 e. The maximum atomic E-state index is 12.0. The summed E-state index contributed by atoms with van der Waals surface area (Å²) in [6, 6.07) is 8.26. The van der Waals surface area contributed by atoms with E-state index < -0.39 is 11.4 Å². The summed E-state index contributed by atoms with van der Waals surface area (Å²) in [5.41, 5.74) is 1.73. The lowest BCUT2D eigenvalue weighted by Gasteiger charge is -2.41. The van der Waals surface area contributed by atoms with Crippen LogP contribution in [0, 0.1) is 0 Å². The van der Waals surface area contributed by atoms with Crippen LogP contribution in [0.25, 0.3) is 0 Å². The third-order valence-electron chi connectivity index (χ3n) is 5.10. The van der Waals surface area contributed by atoms with Crippen LogP contribution in [0.5, 0.6) is 0 Å². The number of rotatable bonds is 3. The van der Waals surface area contributed by atoms with Gasteiger partial charge in [-0.1, -0.05) is 43.5 Å². The molecule has 1 heterocycles. The first-order valence-electron chi connectivity index (χ1n) is 7.65. The van der Waals surface area contributed by atoms with Crippen LogP contribution < -0.4 is 0 Å². The van der Waals surface area contributed by atoms with E-state index >= 15 is 0 Å². The summed E-state index contributed by atoms with van der Waals surface area (Å²) in [5, 5.41) is 9.88. The zero-order chi connectivity index (χ0) is 14.2. The summed E-state index contributed by atoms with van der Waals surface area (Å²) < 4.78 is 0. The molecule has 3 nitrogen and oxygen atoms in total. The zero-order valence-corrected chi connectivity index (χ0v) is 12.1. The summed E-state index contributed by atoms with van der Waals surface area (Å²) in [4.78, 5) is 14.3. The van der Waals surface area contributed by atoms with Crippen molar-refractivity contribution in [3.63, 3.8) is 0 Å². The van der Waals surface area contributed by atoms with Gasteiger partial charge in [0.2, 0.25) is 0 Å². The Morgan fingerprint density at radius 3 is 2.45 bits per heavy atom. The molecule has 108 valence electrons. The molecule has 1 saturated heterocycles. The van der Waals surface area contributed by atoms with Crippen molar-refractivity contribution in [1.82, 2.24) is 4.90 Å². The van der Waals surface area contributed by atoms with E-state index in [9.17, 15) is 9.90 Å². The van der Waals surface area contributed by atoms with Gasteiger partial charge in [0.05, 0.1) is 5.41 Å². The summed E-state index contributed by atoms with van der Waals surface area (Å²) in [7, 11) is 2.12. The van der Waals surface area contributed by atoms with E-state index in [-0.39, 0.29) is 0 Å². The maximum absolute atomic E-state index is 12.0. The van der Waals surface area contributed by atoms with Crippen LogP contribution in [0.2, 0.25) is 0 Å². The van der Waals surface area contributed by atoms with Gasteiger partial charge in [0, 0.05) is 19.0 Å². The molecule has 0 aromatic heterocycles. The highest BCUT2D eigenvalue weighted by molar-refractivity contribution is 5.82. The predicted molar refractivity (Wildman–Crippen MR) is 79.1 cm³/mol. The van der Waals surface area contributed by atoms with Crippen LogP contribution in [0.4, 0.5) is 0 Å². The van der Waals surface area contributed by atoms with Crippen LogP contribution in [0.3, 0.4) is 0 Å². The number of likely N-dealkylation sites (N-methyl/N-ethyl adjacent to an activating group) is 1. The average Bonchev–Trinajstić information content (AvgIpc) is 2.44. The van der Waals surface area contributed by atoms with Crippen molar-refractivity contribution in [2.75, 3.05) is 20.1 Å². The lowest BCUT2D eigenvalue weighted by atomic mass is 9.66. The molecule has 1 aliphatic carbocycles. The van der Waals surface area contributed by atoms with Gasteiger partial charge in [-0.05, 0) is 31.0 Å². The average molecular weight is 273 g/mol. The number of carbonyl (C=O) groups is 1. The number of likely N-dealkylation sites (tertiary alicyclic amines) is 1. The Bertz CT molecular complexity index is 499. The summed E-state index contributed by atoms with van der Waals surface area (Å²) in [6.07, 6.45) is 4.82. The zero-order valence-electron chi connectivity index (χ0n) is 12.1. The smallest absolute Gasteiger partial charge is 0.314 e. The van der Waals surface area contributed by atoms with Crippen molar-refractivity contribution < 1.29 is 9.90 Å². The Labute approximate surface area is 120 Å². The van der Waals surface area contributed by atoms with Crippen LogP contribution in [-0.2, 0) is 10.2 Å². The van der Waals surface area contributed by atoms with E-state index in [0.29, 0.717) is 5.92 Å². The van der Waals surface area contributed by atoms with Crippen LogP contribution in [0.1, 0.15) is 49.1 Å². The predicted octanol–water partition coefficient (Wildman–Crippen LogP) is 3.00. The fraction of sp³-hybridized carbons (Fsp3) is 0.588. The van der Waals surface area contributed by atoms with E-state index in [1.165, 1.54) is 12.0 Å². The van der Waals surface area contributed by atoms with Crippen molar-refractivity contribution in [2.45, 2.75) is 43.4 Å². The van der Waals surface area contributed by atoms with E-state index in [4.69, 9.17) is 0 Å². The molecule has 2 aliphatic rings. The Balaban J connectivity index is 2.01. The van der Waals surface area contributed by atoms with E-state index in [0.717, 1.165) is 44.3 Å². The summed E-state index contributed by atoms with van der Waals surface area (Å²) in [5.74, 6) is -0.119. The molecule has 3 rings (SSSR count). The monoisotopic (exact) mass is 273 g/mol. The van der Waals surface area contributed by atoms with Gasteiger partial charge in [-0.25, -0.2) is 0 Å². The normalized spacial score (nSPS) is 23.2. The molecule has 0 unspecified atom stereocenters. The first-order valence-corrected chi connectivity index (χ1v) is 7.65. The third-order valence-corrected chi connectivity index (χ3v) is 5.10. The second-order valence-corrected chi connectivity index (χ2v) is 6.45. The third kappa shape index (κ3) is 2.14. The molecule has 1 aliphatic heterocycles. The van der Waals surface area contributed by atoms with Gasteiger partial charge in [0.15, 0.2) is 0 Å². The molecule has 1 saturated carbocycles. The lowest BCUT2D eigenvalue weighted by Crippen LogP contribution is -2.44. The summed E-state index contributed by atoms with van der Waals surface area (Å²) >= 11 is 0. The summed E-state index contributed by atoms with van der Waals surface area (Å²) in [6.45, 7) is 2.10. The van der Waals surface area contributed by atoms with Crippen molar-refractivity contribution >= 4 is 5.97 Å². The Hall–Kier alpha value is -1.35. The highest BCUT2D eigenvalue weighted by Crippen LogP contribution is 2.43. The second-order valence-electron chi connectivity index (χ2n) is 6.45. The number of hydrogen-bond acceptors (Lipinski definition) is 2. The number of nitrogens with zero attached hydrogens (tertiary/aromatic N) is 1. The number of aliphatic carboxylic acids is 1. The molecule has 0 radical (unpaired) electrons. The minimum atomic E-state index is -0.636. The van der Waals surface area contributed by atoms with E-state index in [1.54, 1.807) is 0 Å². The van der Waals surface area contributed by atoms with Gasteiger partial charge in [-0.3, -0.25) is 4.79 Å². The topological polar surface area (TPSA) is 40.5 Å². The highest BCUT2D eigenvalue weighted by Gasteiger charge is 2.44. The van der Waals surface area contributed by atoms with Gasteiger partial charge in [-0.15, -0.1) is 0 Å².